The van der Waals surface area contributed by atoms with Gasteiger partial charge in [0, 0.05) is 29.0 Å². The molecule has 1 N–H and O–H groups in total. The van der Waals surface area contributed by atoms with Gasteiger partial charge in [-0.25, -0.2) is 0 Å². The van der Waals surface area contributed by atoms with E-state index in [1.165, 1.54) is 0 Å². The van der Waals surface area contributed by atoms with Gasteiger partial charge in [0.25, 0.3) is 0 Å². The van der Waals surface area contributed by atoms with Crippen molar-refractivity contribution < 1.29 is 9.90 Å². The number of hydrogen-bond acceptors (Lipinski definition) is 3. The molecule has 2 heterocycles. The molecule has 0 aliphatic carbocycles. The van der Waals surface area contributed by atoms with Gasteiger partial charge in [0.05, 0.1) is 6.04 Å². The molecular weight excluding hydrogens is 318 g/mol. The van der Waals surface area contributed by atoms with E-state index in [0.29, 0.717) is 6.42 Å². The Kier molecular flexibility index (Phi) is 3.87. The number of carbonyl (C=O) groups excluding carboxylic acids is 1. The SMILES string of the molecule is CN1C(=O)C[C@H](c2ccccc2)[C@@H]1[C@@H](O)c1cc2ccccc2s1. The minimum Gasteiger partial charge on any atom is -0.385 e. The Hall–Kier alpha value is -2.17. The van der Waals surface area contributed by atoms with E-state index in [-0.39, 0.29) is 17.9 Å². The molecule has 1 aliphatic heterocycles. The molecule has 4 rings (SSSR count). The van der Waals surface area contributed by atoms with Crippen molar-refractivity contribution in [3.63, 3.8) is 0 Å². The minimum atomic E-state index is -0.677. The van der Waals surface area contributed by atoms with E-state index in [9.17, 15) is 9.90 Å². The van der Waals surface area contributed by atoms with E-state index in [0.717, 1.165) is 20.5 Å². The molecule has 4 heteroatoms. The second-order valence-corrected chi connectivity index (χ2v) is 7.46. The number of carbonyl (C=O) groups is 1. The van der Waals surface area contributed by atoms with Crippen molar-refractivity contribution in [3.05, 3.63) is 71.1 Å². The highest BCUT2D eigenvalue weighted by molar-refractivity contribution is 7.19. The molecule has 0 spiro atoms. The Morgan fingerprint density at radius 2 is 1.83 bits per heavy atom. The molecule has 0 saturated carbocycles. The number of fused-ring (bicyclic) bond motifs is 1. The number of rotatable bonds is 3. The van der Waals surface area contributed by atoms with Gasteiger partial charge in [0.15, 0.2) is 0 Å². The zero-order chi connectivity index (χ0) is 16.7. The summed E-state index contributed by atoms with van der Waals surface area (Å²) in [6.45, 7) is 0. The average molecular weight is 337 g/mol. The maximum absolute atomic E-state index is 12.3. The third-order valence-corrected chi connectivity index (χ3v) is 6.12. The molecule has 0 unspecified atom stereocenters. The molecule has 1 fully saturated rings. The van der Waals surface area contributed by atoms with Gasteiger partial charge in [-0.05, 0) is 23.1 Å². The molecule has 1 aromatic heterocycles. The van der Waals surface area contributed by atoms with Gasteiger partial charge >= 0.3 is 0 Å². The zero-order valence-electron chi connectivity index (χ0n) is 13.4. The van der Waals surface area contributed by atoms with Crippen LogP contribution in [0.4, 0.5) is 0 Å². The minimum absolute atomic E-state index is 0.0175. The summed E-state index contributed by atoms with van der Waals surface area (Å²) in [5, 5.41) is 12.2. The third kappa shape index (κ3) is 2.52. The quantitative estimate of drug-likeness (QED) is 0.786. The Labute approximate surface area is 145 Å². The van der Waals surface area contributed by atoms with Crippen LogP contribution in [0, 0.1) is 0 Å². The lowest BCUT2D eigenvalue weighted by Gasteiger charge is -2.29. The summed E-state index contributed by atoms with van der Waals surface area (Å²) in [7, 11) is 1.80. The standard InChI is InChI=1S/C20H19NO2S/c1-21-18(22)12-15(13-7-3-2-4-8-13)19(21)20(23)17-11-14-9-5-6-10-16(14)24-17/h2-11,15,19-20,23H,12H2,1H3/t15-,19-,20+/m1/s1. The number of amides is 1. The highest BCUT2D eigenvalue weighted by Crippen LogP contribution is 2.42. The molecule has 3 atom stereocenters. The van der Waals surface area contributed by atoms with Crippen LogP contribution in [0.15, 0.2) is 60.7 Å². The number of likely N-dealkylation sites (N-methyl/N-ethyl adjacent to an activating group) is 1. The summed E-state index contributed by atoms with van der Waals surface area (Å²) < 4.78 is 1.16. The highest BCUT2D eigenvalue weighted by Gasteiger charge is 2.43. The number of benzene rings is 2. The smallest absolute Gasteiger partial charge is 0.223 e. The lowest BCUT2D eigenvalue weighted by molar-refractivity contribution is -0.128. The van der Waals surface area contributed by atoms with Crippen LogP contribution in [-0.4, -0.2) is 29.0 Å². The molecular formula is C20H19NO2S. The van der Waals surface area contributed by atoms with Gasteiger partial charge < -0.3 is 10.0 Å². The fourth-order valence-corrected chi connectivity index (χ4v) is 4.74. The molecule has 1 amide bonds. The van der Waals surface area contributed by atoms with E-state index in [1.54, 1.807) is 23.3 Å². The summed E-state index contributed by atoms with van der Waals surface area (Å²) >= 11 is 1.60. The molecule has 3 aromatic rings. The highest BCUT2D eigenvalue weighted by atomic mass is 32.1. The number of hydrogen-bond donors (Lipinski definition) is 1. The maximum atomic E-state index is 12.3. The Morgan fingerprint density at radius 3 is 2.58 bits per heavy atom. The molecule has 2 aromatic carbocycles. The van der Waals surface area contributed by atoms with Crippen molar-refractivity contribution in [2.24, 2.45) is 0 Å². The Balaban J connectivity index is 1.72. The summed E-state index contributed by atoms with van der Waals surface area (Å²) in [5.74, 6) is 0.109. The lowest BCUT2D eigenvalue weighted by Crippen LogP contribution is -2.36. The van der Waals surface area contributed by atoms with Crippen molar-refractivity contribution in [1.82, 2.24) is 4.90 Å². The summed E-state index contributed by atoms with van der Waals surface area (Å²) in [4.78, 5) is 14.9. The van der Waals surface area contributed by atoms with E-state index >= 15 is 0 Å². The molecule has 24 heavy (non-hydrogen) atoms. The van der Waals surface area contributed by atoms with E-state index in [4.69, 9.17) is 0 Å². The van der Waals surface area contributed by atoms with Crippen LogP contribution >= 0.6 is 11.3 Å². The van der Waals surface area contributed by atoms with Crippen LogP contribution in [-0.2, 0) is 4.79 Å². The van der Waals surface area contributed by atoms with Gasteiger partial charge in [-0.1, -0.05) is 48.5 Å². The topological polar surface area (TPSA) is 40.5 Å². The Bertz CT molecular complexity index is 840. The summed E-state index contributed by atoms with van der Waals surface area (Å²) in [6, 6.07) is 20.0. The third-order valence-electron chi connectivity index (χ3n) is 4.93. The monoisotopic (exact) mass is 337 g/mol. The van der Waals surface area contributed by atoms with Crippen LogP contribution in [0.25, 0.3) is 10.1 Å². The van der Waals surface area contributed by atoms with Crippen molar-refractivity contribution in [3.8, 4) is 0 Å². The molecule has 0 bridgehead atoms. The van der Waals surface area contributed by atoms with Crippen molar-refractivity contribution in [2.75, 3.05) is 7.05 Å². The maximum Gasteiger partial charge on any atom is 0.223 e. The van der Waals surface area contributed by atoms with Gasteiger partial charge in [0.2, 0.25) is 5.91 Å². The number of aliphatic hydroxyl groups is 1. The Morgan fingerprint density at radius 1 is 1.12 bits per heavy atom. The van der Waals surface area contributed by atoms with Crippen LogP contribution in [0.1, 0.15) is 28.9 Å². The van der Waals surface area contributed by atoms with Gasteiger partial charge in [-0.2, -0.15) is 0 Å². The van der Waals surface area contributed by atoms with Crippen LogP contribution in [0.5, 0.6) is 0 Å². The first kappa shape index (κ1) is 15.4. The van der Waals surface area contributed by atoms with Crippen molar-refractivity contribution >= 4 is 27.3 Å². The van der Waals surface area contributed by atoms with Gasteiger partial charge in [0.1, 0.15) is 6.10 Å². The van der Waals surface area contributed by atoms with Crippen molar-refractivity contribution in [2.45, 2.75) is 24.5 Å². The largest absolute Gasteiger partial charge is 0.385 e. The molecule has 3 nitrogen and oxygen atoms in total. The summed E-state index contributed by atoms with van der Waals surface area (Å²) in [5.41, 5.74) is 1.11. The number of thiophene rings is 1. The number of aliphatic hydroxyl groups excluding tert-OH is 1. The van der Waals surface area contributed by atoms with Crippen LogP contribution in [0.2, 0.25) is 0 Å². The average Bonchev–Trinajstić information content (AvgIpc) is 3.17. The van der Waals surface area contributed by atoms with E-state index in [1.807, 2.05) is 48.5 Å². The molecule has 0 radical (unpaired) electrons. The molecule has 122 valence electrons. The zero-order valence-corrected chi connectivity index (χ0v) is 14.2. The van der Waals surface area contributed by atoms with Crippen molar-refractivity contribution in [1.29, 1.82) is 0 Å². The second kappa shape index (κ2) is 6.04. The first-order valence-corrected chi connectivity index (χ1v) is 8.94. The first-order chi connectivity index (χ1) is 11.6. The second-order valence-electron chi connectivity index (χ2n) is 6.35. The predicted molar refractivity (Wildman–Crippen MR) is 97.1 cm³/mol. The molecule has 1 aliphatic rings. The molecule has 1 saturated heterocycles. The fraction of sp³-hybridized carbons (Fsp3) is 0.250. The van der Waals surface area contributed by atoms with E-state index in [2.05, 4.69) is 12.1 Å². The van der Waals surface area contributed by atoms with E-state index < -0.39 is 6.10 Å². The van der Waals surface area contributed by atoms with Crippen LogP contribution in [0.3, 0.4) is 0 Å². The predicted octanol–water partition coefficient (Wildman–Crippen LogP) is 3.95. The number of nitrogens with zero attached hydrogens (tertiary/aromatic N) is 1. The van der Waals surface area contributed by atoms with Crippen LogP contribution < -0.4 is 0 Å². The number of likely N-dealkylation sites (tertiary alicyclic amines) is 1. The summed E-state index contributed by atoms with van der Waals surface area (Å²) in [6.07, 6.45) is -0.225. The lowest BCUT2D eigenvalue weighted by atomic mass is 9.88. The van der Waals surface area contributed by atoms with Gasteiger partial charge in [-0.3, -0.25) is 4.79 Å². The first-order valence-electron chi connectivity index (χ1n) is 8.12. The normalized spacial score (nSPS) is 22.2. The van der Waals surface area contributed by atoms with Gasteiger partial charge in [-0.15, -0.1) is 11.3 Å². The fourth-order valence-electron chi connectivity index (χ4n) is 3.65.